The summed E-state index contributed by atoms with van der Waals surface area (Å²) in [5.74, 6) is 1.53. The van der Waals surface area contributed by atoms with Gasteiger partial charge in [0.2, 0.25) is 0 Å². The molecule has 7 nitrogen and oxygen atoms in total. The average Bonchev–Trinajstić information content (AvgIpc) is 2.89. The second-order valence-corrected chi connectivity index (χ2v) is 4.22. The number of aliphatic imine (C=N–C) groups is 1. The van der Waals surface area contributed by atoms with Gasteiger partial charge in [0.15, 0.2) is 5.96 Å². The molecule has 0 radical (unpaired) electrons. The van der Waals surface area contributed by atoms with Crippen molar-refractivity contribution >= 4 is 36.0 Å². The first-order chi connectivity index (χ1) is 9.22. The number of carbonyl (C=O) groups is 1. The molecular formula is C12H19IN4O3. The molecule has 0 atom stereocenters. The van der Waals surface area contributed by atoms with Gasteiger partial charge in [0.1, 0.15) is 5.76 Å². The van der Waals surface area contributed by atoms with E-state index in [0.29, 0.717) is 25.6 Å². The summed E-state index contributed by atoms with van der Waals surface area (Å²) in [5.41, 5.74) is 0. The highest BCUT2D eigenvalue weighted by Gasteiger charge is 2.31. The number of likely N-dealkylation sites (tertiary alicyclic amines) is 1. The number of carbonyl (C=O) groups excluding carboxylic acids is 1. The van der Waals surface area contributed by atoms with E-state index < -0.39 is 0 Å². The Labute approximate surface area is 134 Å². The lowest BCUT2D eigenvalue weighted by atomic mass is 10.1. The van der Waals surface area contributed by atoms with E-state index in [1.165, 1.54) is 7.11 Å². The molecule has 20 heavy (non-hydrogen) atoms. The van der Waals surface area contributed by atoms with Crippen molar-refractivity contribution in [1.29, 1.82) is 0 Å². The van der Waals surface area contributed by atoms with E-state index in [4.69, 9.17) is 4.42 Å². The lowest BCUT2D eigenvalue weighted by molar-refractivity contribution is 0.0847. The number of amides is 1. The zero-order chi connectivity index (χ0) is 13.7. The van der Waals surface area contributed by atoms with Crippen LogP contribution in [0, 0.1) is 0 Å². The maximum Gasteiger partial charge on any atom is 0.409 e. The van der Waals surface area contributed by atoms with Gasteiger partial charge in [-0.05, 0) is 12.1 Å². The van der Waals surface area contributed by atoms with Crippen LogP contribution in [0.2, 0.25) is 0 Å². The van der Waals surface area contributed by atoms with Crippen LogP contribution in [0.4, 0.5) is 4.79 Å². The topological polar surface area (TPSA) is 79.1 Å². The van der Waals surface area contributed by atoms with Gasteiger partial charge in [0.25, 0.3) is 0 Å². The highest BCUT2D eigenvalue weighted by molar-refractivity contribution is 14.0. The maximum absolute atomic E-state index is 11.2. The molecule has 2 rings (SSSR count). The molecule has 1 saturated heterocycles. The highest BCUT2D eigenvalue weighted by Crippen LogP contribution is 2.08. The Balaban J connectivity index is 0.00000200. The van der Waals surface area contributed by atoms with E-state index in [-0.39, 0.29) is 36.1 Å². The van der Waals surface area contributed by atoms with Crippen LogP contribution >= 0.6 is 24.0 Å². The number of furan rings is 1. The van der Waals surface area contributed by atoms with Gasteiger partial charge in [-0.3, -0.25) is 4.99 Å². The smallest absolute Gasteiger partial charge is 0.409 e. The summed E-state index contributed by atoms with van der Waals surface area (Å²) in [6.45, 7) is 1.81. The molecule has 1 aromatic heterocycles. The van der Waals surface area contributed by atoms with E-state index in [2.05, 4.69) is 20.4 Å². The molecule has 1 aliphatic heterocycles. The van der Waals surface area contributed by atoms with Crippen molar-refractivity contribution < 1.29 is 13.9 Å². The van der Waals surface area contributed by atoms with Crippen LogP contribution in [0.3, 0.4) is 0 Å². The number of nitrogens with one attached hydrogen (secondary N) is 2. The van der Waals surface area contributed by atoms with Crippen molar-refractivity contribution in [2.24, 2.45) is 4.99 Å². The molecule has 0 aliphatic carbocycles. The van der Waals surface area contributed by atoms with E-state index in [1.807, 2.05) is 12.1 Å². The standard InChI is InChI=1S/C12H18N4O3.HI/c1-13-11(14-6-10-4-3-5-19-10)15-9-7-16(8-9)12(17)18-2;/h3-5,9H,6-8H2,1-2H3,(H2,13,14,15);1H. The van der Waals surface area contributed by atoms with Crippen LogP contribution in [0.25, 0.3) is 0 Å². The molecule has 1 fully saturated rings. The molecule has 1 aliphatic rings. The third-order valence-electron chi connectivity index (χ3n) is 2.89. The van der Waals surface area contributed by atoms with E-state index in [1.54, 1.807) is 18.2 Å². The number of ether oxygens (including phenoxy) is 1. The molecule has 0 spiro atoms. The first kappa shape index (κ1) is 16.6. The summed E-state index contributed by atoms with van der Waals surface area (Å²) in [6, 6.07) is 3.93. The highest BCUT2D eigenvalue weighted by atomic mass is 127. The summed E-state index contributed by atoms with van der Waals surface area (Å²) in [4.78, 5) is 16.9. The zero-order valence-corrected chi connectivity index (χ0v) is 13.8. The Kier molecular flexibility index (Phi) is 6.62. The Morgan fingerprint density at radius 1 is 1.60 bits per heavy atom. The number of hydrogen-bond donors (Lipinski definition) is 2. The molecule has 2 N–H and O–H groups in total. The average molecular weight is 394 g/mol. The fourth-order valence-corrected chi connectivity index (χ4v) is 1.82. The minimum Gasteiger partial charge on any atom is -0.467 e. The van der Waals surface area contributed by atoms with Gasteiger partial charge < -0.3 is 24.7 Å². The Bertz CT molecular complexity index is 444. The van der Waals surface area contributed by atoms with Crippen LogP contribution in [0.15, 0.2) is 27.8 Å². The van der Waals surface area contributed by atoms with Gasteiger partial charge in [-0.2, -0.15) is 0 Å². The van der Waals surface area contributed by atoms with Crippen molar-refractivity contribution in [3.8, 4) is 0 Å². The zero-order valence-electron chi connectivity index (χ0n) is 11.5. The normalized spacial score (nSPS) is 15.1. The molecule has 1 amide bonds. The third-order valence-corrected chi connectivity index (χ3v) is 2.89. The van der Waals surface area contributed by atoms with Crippen LogP contribution in [-0.4, -0.2) is 50.2 Å². The quantitative estimate of drug-likeness (QED) is 0.455. The fraction of sp³-hybridized carbons (Fsp3) is 0.500. The van der Waals surface area contributed by atoms with Crippen molar-refractivity contribution in [2.45, 2.75) is 12.6 Å². The molecular weight excluding hydrogens is 375 g/mol. The predicted molar refractivity (Wildman–Crippen MR) is 85.2 cm³/mol. The van der Waals surface area contributed by atoms with E-state index in [9.17, 15) is 4.79 Å². The summed E-state index contributed by atoms with van der Waals surface area (Å²) >= 11 is 0. The van der Waals surface area contributed by atoms with Crippen LogP contribution < -0.4 is 10.6 Å². The molecule has 8 heteroatoms. The Morgan fingerprint density at radius 3 is 2.90 bits per heavy atom. The number of halogens is 1. The molecule has 0 bridgehead atoms. The van der Waals surface area contributed by atoms with Gasteiger partial charge in [0.05, 0.1) is 26.0 Å². The number of nitrogens with zero attached hydrogens (tertiary/aromatic N) is 2. The molecule has 2 heterocycles. The van der Waals surface area contributed by atoms with Gasteiger partial charge in [-0.25, -0.2) is 4.79 Å². The fourth-order valence-electron chi connectivity index (χ4n) is 1.82. The van der Waals surface area contributed by atoms with Crippen LogP contribution in [0.1, 0.15) is 5.76 Å². The number of methoxy groups -OCH3 is 1. The SMILES string of the molecule is CN=C(NCc1ccco1)NC1CN(C(=O)OC)C1.I. The van der Waals surface area contributed by atoms with Gasteiger partial charge >= 0.3 is 6.09 Å². The molecule has 0 aromatic carbocycles. The monoisotopic (exact) mass is 394 g/mol. The summed E-state index contributed by atoms with van der Waals surface area (Å²) in [7, 11) is 3.08. The predicted octanol–water partition coefficient (Wildman–Crippen LogP) is 1.01. The summed E-state index contributed by atoms with van der Waals surface area (Å²) in [5, 5.41) is 6.36. The molecule has 1 aromatic rings. The Morgan fingerprint density at radius 2 is 2.35 bits per heavy atom. The van der Waals surface area contributed by atoms with Gasteiger partial charge in [0, 0.05) is 20.1 Å². The largest absolute Gasteiger partial charge is 0.467 e. The maximum atomic E-state index is 11.2. The first-order valence-corrected chi connectivity index (χ1v) is 6.05. The van der Waals surface area contributed by atoms with E-state index in [0.717, 1.165) is 5.76 Å². The lowest BCUT2D eigenvalue weighted by Gasteiger charge is -2.38. The van der Waals surface area contributed by atoms with Crippen LogP contribution in [-0.2, 0) is 11.3 Å². The van der Waals surface area contributed by atoms with Gasteiger partial charge in [-0.15, -0.1) is 24.0 Å². The van der Waals surface area contributed by atoms with Crippen LogP contribution in [0.5, 0.6) is 0 Å². The van der Waals surface area contributed by atoms with Crippen molar-refractivity contribution in [3.63, 3.8) is 0 Å². The number of guanidine groups is 1. The van der Waals surface area contributed by atoms with Gasteiger partial charge in [-0.1, -0.05) is 0 Å². The molecule has 0 unspecified atom stereocenters. The number of rotatable bonds is 3. The lowest BCUT2D eigenvalue weighted by Crippen LogP contribution is -2.62. The third kappa shape index (κ3) is 4.29. The second kappa shape index (κ2) is 7.98. The van der Waals surface area contributed by atoms with E-state index >= 15 is 0 Å². The minimum absolute atomic E-state index is 0. The molecule has 112 valence electrons. The molecule has 0 saturated carbocycles. The van der Waals surface area contributed by atoms with Crippen molar-refractivity contribution in [3.05, 3.63) is 24.2 Å². The van der Waals surface area contributed by atoms with Crippen molar-refractivity contribution in [2.75, 3.05) is 27.2 Å². The summed E-state index contributed by atoms with van der Waals surface area (Å²) in [6.07, 6.45) is 1.34. The summed E-state index contributed by atoms with van der Waals surface area (Å²) < 4.78 is 9.85. The van der Waals surface area contributed by atoms with Crippen molar-refractivity contribution in [1.82, 2.24) is 15.5 Å². The number of hydrogen-bond acceptors (Lipinski definition) is 4. The Hall–Kier alpha value is -1.45. The minimum atomic E-state index is -0.295. The second-order valence-electron chi connectivity index (χ2n) is 4.22. The first-order valence-electron chi connectivity index (χ1n) is 6.05.